The molecular weight excluding hydrogens is 406 g/mol. The van der Waals surface area contributed by atoms with E-state index in [-0.39, 0.29) is 6.54 Å². The summed E-state index contributed by atoms with van der Waals surface area (Å²) >= 11 is 0. The average Bonchev–Trinajstić information content (AvgIpc) is 3.29. The van der Waals surface area contributed by atoms with Gasteiger partial charge in [-0.2, -0.15) is 10.1 Å². The predicted molar refractivity (Wildman–Crippen MR) is 121 cm³/mol. The zero-order valence-electron chi connectivity index (χ0n) is 19.0. The molecule has 1 N–H and O–H groups in total. The Morgan fingerprint density at radius 3 is 2.56 bits per heavy atom. The molecule has 0 saturated carbocycles. The largest absolute Gasteiger partial charge is 0.444 e. The van der Waals surface area contributed by atoms with Crippen molar-refractivity contribution >= 4 is 17.0 Å². The van der Waals surface area contributed by atoms with Crippen molar-refractivity contribution in [1.82, 2.24) is 25.2 Å². The summed E-state index contributed by atoms with van der Waals surface area (Å²) in [6.45, 7) is 10.3. The standard InChI is InChI=1S/C24H27N5O3/c1-15-10-16(2)12-17(11-15)14-29-19-9-7-6-8-18(19)21(27-29)22-26-20(28-32-22)13-25-23(30)31-24(3,4)5/h6-12H,13-14H2,1-5H3,(H,25,30). The molecule has 0 saturated heterocycles. The van der Waals surface area contributed by atoms with E-state index in [0.717, 1.165) is 10.9 Å². The van der Waals surface area contributed by atoms with Gasteiger partial charge in [0.15, 0.2) is 11.5 Å². The minimum absolute atomic E-state index is 0.0968. The van der Waals surface area contributed by atoms with Crippen molar-refractivity contribution in [2.45, 2.75) is 53.3 Å². The smallest absolute Gasteiger partial charge is 0.408 e. The molecule has 0 spiro atoms. The van der Waals surface area contributed by atoms with Gasteiger partial charge in [0.05, 0.1) is 18.6 Å². The fraction of sp³-hybridized carbons (Fsp3) is 0.333. The van der Waals surface area contributed by atoms with Gasteiger partial charge in [0, 0.05) is 5.39 Å². The maximum atomic E-state index is 11.9. The Balaban J connectivity index is 1.58. The van der Waals surface area contributed by atoms with Crippen molar-refractivity contribution in [2.24, 2.45) is 0 Å². The number of amides is 1. The SMILES string of the molecule is Cc1cc(C)cc(Cn2nc(-c3nc(CNC(=O)OC(C)(C)C)no3)c3ccccc32)c1. The van der Waals surface area contributed by atoms with Crippen molar-refractivity contribution in [2.75, 3.05) is 0 Å². The maximum Gasteiger partial charge on any atom is 0.408 e. The van der Waals surface area contributed by atoms with Gasteiger partial charge in [-0.25, -0.2) is 4.79 Å². The molecule has 32 heavy (non-hydrogen) atoms. The molecule has 0 atom stereocenters. The number of aryl methyl sites for hydroxylation is 2. The third-order valence-corrected chi connectivity index (χ3v) is 4.73. The second-order valence-corrected chi connectivity index (χ2v) is 8.89. The number of nitrogens with one attached hydrogen (secondary N) is 1. The molecule has 0 fully saturated rings. The normalized spacial score (nSPS) is 11.7. The van der Waals surface area contributed by atoms with Gasteiger partial charge in [0.25, 0.3) is 5.89 Å². The van der Waals surface area contributed by atoms with E-state index in [2.05, 4.69) is 47.5 Å². The number of nitrogens with zero attached hydrogens (tertiary/aromatic N) is 4. The van der Waals surface area contributed by atoms with Crippen LogP contribution in [0.2, 0.25) is 0 Å². The molecule has 0 unspecified atom stereocenters. The van der Waals surface area contributed by atoms with Gasteiger partial charge in [-0.3, -0.25) is 4.68 Å². The van der Waals surface area contributed by atoms with Gasteiger partial charge in [0.2, 0.25) is 0 Å². The van der Waals surface area contributed by atoms with Crippen LogP contribution in [0.15, 0.2) is 47.0 Å². The summed E-state index contributed by atoms with van der Waals surface area (Å²) in [5, 5.41) is 12.3. The zero-order chi connectivity index (χ0) is 22.9. The first-order chi connectivity index (χ1) is 15.2. The number of aromatic nitrogens is 4. The Morgan fingerprint density at radius 1 is 1.12 bits per heavy atom. The molecular formula is C24H27N5O3. The summed E-state index contributed by atoms with van der Waals surface area (Å²) in [4.78, 5) is 16.3. The topological polar surface area (TPSA) is 95.1 Å². The van der Waals surface area contributed by atoms with Crippen LogP contribution in [0.1, 0.15) is 43.3 Å². The minimum atomic E-state index is -0.575. The van der Waals surface area contributed by atoms with Gasteiger partial charge in [0.1, 0.15) is 5.60 Å². The molecule has 4 aromatic rings. The lowest BCUT2D eigenvalue weighted by Gasteiger charge is -2.19. The summed E-state index contributed by atoms with van der Waals surface area (Å²) in [5.74, 6) is 0.653. The highest BCUT2D eigenvalue weighted by Gasteiger charge is 2.20. The average molecular weight is 434 g/mol. The molecule has 8 nitrogen and oxygen atoms in total. The molecule has 0 radical (unpaired) electrons. The van der Waals surface area contributed by atoms with E-state index in [1.165, 1.54) is 16.7 Å². The molecule has 0 aliphatic carbocycles. The Labute approximate surface area is 186 Å². The van der Waals surface area contributed by atoms with Gasteiger partial charge in [-0.05, 0) is 46.2 Å². The van der Waals surface area contributed by atoms with E-state index >= 15 is 0 Å². The van der Waals surface area contributed by atoms with Gasteiger partial charge in [-0.1, -0.05) is 52.7 Å². The second kappa shape index (κ2) is 8.45. The highest BCUT2D eigenvalue weighted by atomic mass is 16.6. The molecule has 4 rings (SSSR count). The summed E-state index contributed by atoms with van der Waals surface area (Å²) in [7, 11) is 0. The van der Waals surface area contributed by atoms with Crippen molar-refractivity contribution < 1.29 is 14.1 Å². The number of carbonyl (C=O) groups is 1. The highest BCUT2D eigenvalue weighted by Crippen LogP contribution is 2.27. The summed E-state index contributed by atoms with van der Waals surface area (Å²) in [6.07, 6.45) is -0.535. The number of fused-ring (bicyclic) bond motifs is 1. The van der Waals surface area contributed by atoms with Crippen LogP contribution in [0.25, 0.3) is 22.5 Å². The van der Waals surface area contributed by atoms with Crippen LogP contribution in [0, 0.1) is 13.8 Å². The molecule has 8 heteroatoms. The minimum Gasteiger partial charge on any atom is -0.444 e. The Morgan fingerprint density at radius 2 is 1.84 bits per heavy atom. The maximum absolute atomic E-state index is 11.9. The first-order valence-corrected chi connectivity index (χ1v) is 10.5. The van der Waals surface area contributed by atoms with E-state index in [1.807, 2.05) is 28.9 Å². The van der Waals surface area contributed by atoms with Crippen LogP contribution in [-0.4, -0.2) is 31.6 Å². The monoisotopic (exact) mass is 433 g/mol. The number of para-hydroxylation sites is 1. The summed E-state index contributed by atoms with van der Waals surface area (Å²) < 4.78 is 12.6. The van der Waals surface area contributed by atoms with Crippen LogP contribution >= 0.6 is 0 Å². The highest BCUT2D eigenvalue weighted by molar-refractivity contribution is 5.91. The summed E-state index contributed by atoms with van der Waals surface area (Å²) in [6, 6.07) is 14.4. The van der Waals surface area contributed by atoms with Crippen molar-refractivity contribution in [1.29, 1.82) is 0 Å². The van der Waals surface area contributed by atoms with Crippen molar-refractivity contribution in [3.05, 3.63) is 65.0 Å². The van der Waals surface area contributed by atoms with Crippen LogP contribution < -0.4 is 5.32 Å². The van der Waals surface area contributed by atoms with Gasteiger partial charge in [-0.15, -0.1) is 0 Å². The Kier molecular flexibility index (Phi) is 5.69. The van der Waals surface area contributed by atoms with Crippen LogP contribution in [0.5, 0.6) is 0 Å². The Bertz CT molecular complexity index is 1250. The molecule has 0 bridgehead atoms. The number of hydrogen-bond acceptors (Lipinski definition) is 6. The lowest BCUT2D eigenvalue weighted by atomic mass is 10.1. The predicted octanol–water partition coefficient (Wildman–Crippen LogP) is 4.78. The second-order valence-electron chi connectivity index (χ2n) is 8.89. The van der Waals surface area contributed by atoms with E-state index in [9.17, 15) is 4.79 Å². The quantitative estimate of drug-likeness (QED) is 0.487. The van der Waals surface area contributed by atoms with Gasteiger partial charge < -0.3 is 14.6 Å². The number of alkyl carbamates (subject to hydrolysis) is 1. The van der Waals surface area contributed by atoms with E-state index in [0.29, 0.717) is 24.0 Å². The van der Waals surface area contributed by atoms with Crippen molar-refractivity contribution in [3.8, 4) is 11.6 Å². The zero-order valence-corrected chi connectivity index (χ0v) is 19.0. The van der Waals surface area contributed by atoms with Gasteiger partial charge >= 0.3 is 6.09 Å². The molecule has 2 aromatic heterocycles. The third-order valence-electron chi connectivity index (χ3n) is 4.73. The molecule has 2 heterocycles. The number of hydrogen-bond donors (Lipinski definition) is 1. The number of ether oxygens (including phenoxy) is 1. The van der Waals surface area contributed by atoms with E-state index < -0.39 is 11.7 Å². The number of rotatable bonds is 5. The molecule has 0 aliphatic heterocycles. The first kappa shape index (κ1) is 21.5. The van der Waals surface area contributed by atoms with E-state index in [4.69, 9.17) is 14.4 Å². The van der Waals surface area contributed by atoms with E-state index in [1.54, 1.807) is 20.8 Å². The van der Waals surface area contributed by atoms with Crippen LogP contribution in [0.3, 0.4) is 0 Å². The molecule has 0 aliphatic rings. The van der Waals surface area contributed by atoms with Crippen LogP contribution in [-0.2, 0) is 17.8 Å². The molecule has 166 valence electrons. The van der Waals surface area contributed by atoms with Crippen molar-refractivity contribution in [3.63, 3.8) is 0 Å². The third kappa shape index (κ3) is 4.96. The number of benzene rings is 2. The Hall–Kier alpha value is -3.68. The number of carbonyl (C=O) groups excluding carboxylic acids is 1. The lowest BCUT2D eigenvalue weighted by Crippen LogP contribution is -2.32. The molecule has 1 amide bonds. The molecule has 2 aromatic carbocycles. The van der Waals surface area contributed by atoms with Crippen LogP contribution in [0.4, 0.5) is 4.79 Å². The fourth-order valence-electron chi connectivity index (χ4n) is 3.63. The first-order valence-electron chi connectivity index (χ1n) is 10.5. The summed E-state index contributed by atoms with van der Waals surface area (Å²) in [5.41, 5.74) is 4.63. The fourth-order valence-corrected chi connectivity index (χ4v) is 3.63. The lowest BCUT2D eigenvalue weighted by molar-refractivity contribution is 0.0522.